The quantitative estimate of drug-likeness (QED) is 0.811. The lowest BCUT2D eigenvalue weighted by molar-refractivity contribution is -0.168. The Bertz CT molecular complexity index is 375. The zero-order chi connectivity index (χ0) is 11.4. The molecule has 0 unspecified atom stereocenters. The van der Waals surface area contributed by atoms with Crippen molar-refractivity contribution in [3.63, 3.8) is 0 Å². The van der Waals surface area contributed by atoms with Crippen LogP contribution in [0.4, 0.5) is 0 Å². The molecular formula is C12H14ClNO2. The molecule has 3 nitrogen and oxygen atoms in total. The summed E-state index contributed by atoms with van der Waals surface area (Å²) in [6.07, 6.45) is 2.04. The molecule has 1 saturated heterocycles. The summed E-state index contributed by atoms with van der Waals surface area (Å²) in [5.41, 5.74) is 1.01. The number of hydrogen-bond acceptors (Lipinski definition) is 2. The van der Waals surface area contributed by atoms with Gasteiger partial charge in [-0.15, -0.1) is 0 Å². The molecule has 16 heavy (non-hydrogen) atoms. The molecule has 86 valence electrons. The second-order valence-electron chi connectivity index (χ2n) is 3.77. The van der Waals surface area contributed by atoms with E-state index in [4.69, 9.17) is 16.4 Å². The van der Waals surface area contributed by atoms with Crippen LogP contribution in [0.2, 0.25) is 5.02 Å². The van der Waals surface area contributed by atoms with Crippen LogP contribution in [-0.2, 0) is 16.1 Å². The molecule has 4 heteroatoms. The van der Waals surface area contributed by atoms with E-state index in [0.29, 0.717) is 26.0 Å². The van der Waals surface area contributed by atoms with E-state index in [0.717, 1.165) is 17.0 Å². The zero-order valence-corrected chi connectivity index (χ0v) is 9.74. The van der Waals surface area contributed by atoms with Crippen molar-refractivity contribution in [2.75, 3.05) is 13.2 Å². The van der Waals surface area contributed by atoms with E-state index in [-0.39, 0.29) is 5.91 Å². The highest BCUT2D eigenvalue weighted by atomic mass is 35.5. The molecule has 1 aromatic carbocycles. The molecule has 2 rings (SSSR count). The van der Waals surface area contributed by atoms with E-state index in [1.807, 2.05) is 24.3 Å². The van der Waals surface area contributed by atoms with Crippen LogP contribution >= 0.6 is 11.6 Å². The summed E-state index contributed by atoms with van der Waals surface area (Å²) in [5.74, 6) is 0.0393. The molecule has 1 aliphatic heterocycles. The number of nitrogens with zero attached hydrogens (tertiary/aromatic N) is 1. The van der Waals surface area contributed by atoms with Crippen LogP contribution in [0.25, 0.3) is 0 Å². The van der Waals surface area contributed by atoms with Gasteiger partial charge in [0, 0.05) is 11.4 Å². The van der Waals surface area contributed by atoms with Crippen molar-refractivity contribution < 1.29 is 9.63 Å². The van der Waals surface area contributed by atoms with Gasteiger partial charge in [-0.05, 0) is 24.5 Å². The molecule has 1 amide bonds. The van der Waals surface area contributed by atoms with Gasteiger partial charge in [-0.25, -0.2) is 5.06 Å². The van der Waals surface area contributed by atoms with Crippen LogP contribution in [0.1, 0.15) is 18.4 Å². The third-order valence-corrected chi connectivity index (χ3v) is 2.97. The lowest BCUT2D eigenvalue weighted by Gasteiger charge is -2.13. The molecule has 0 atom stereocenters. The predicted molar refractivity (Wildman–Crippen MR) is 62.1 cm³/mol. The van der Waals surface area contributed by atoms with Gasteiger partial charge in [0.25, 0.3) is 0 Å². The van der Waals surface area contributed by atoms with Gasteiger partial charge >= 0.3 is 0 Å². The van der Waals surface area contributed by atoms with E-state index >= 15 is 0 Å². The van der Waals surface area contributed by atoms with Crippen LogP contribution in [-0.4, -0.2) is 24.1 Å². The van der Waals surface area contributed by atoms with Gasteiger partial charge in [0.2, 0.25) is 5.91 Å². The van der Waals surface area contributed by atoms with Crippen molar-refractivity contribution in [3.8, 4) is 0 Å². The van der Waals surface area contributed by atoms with E-state index in [1.54, 1.807) is 0 Å². The highest BCUT2D eigenvalue weighted by Gasteiger charge is 2.18. The number of aryl methyl sites for hydroxylation is 1. The van der Waals surface area contributed by atoms with Crippen molar-refractivity contribution >= 4 is 17.5 Å². The minimum absolute atomic E-state index is 0.0393. The smallest absolute Gasteiger partial charge is 0.246 e. The Morgan fingerprint density at radius 1 is 1.44 bits per heavy atom. The number of benzene rings is 1. The van der Waals surface area contributed by atoms with Crippen molar-refractivity contribution in [1.82, 2.24) is 5.06 Å². The molecule has 1 aromatic rings. The normalized spacial score (nSPS) is 15.4. The molecule has 1 heterocycles. The summed E-state index contributed by atoms with van der Waals surface area (Å²) in [7, 11) is 0. The highest BCUT2D eigenvalue weighted by molar-refractivity contribution is 6.31. The Morgan fingerprint density at radius 2 is 2.25 bits per heavy atom. The summed E-state index contributed by atoms with van der Waals surface area (Å²) < 4.78 is 0. The first kappa shape index (κ1) is 11.4. The monoisotopic (exact) mass is 239 g/mol. The average Bonchev–Trinajstić information content (AvgIpc) is 2.81. The number of halogens is 1. The lowest BCUT2D eigenvalue weighted by atomic mass is 10.1. The van der Waals surface area contributed by atoms with Gasteiger partial charge in [-0.3, -0.25) is 9.63 Å². The first-order valence-corrected chi connectivity index (χ1v) is 5.82. The Balaban J connectivity index is 1.87. The number of carbonyl (C=O) groups is 1. The van der Waals surface area contributed by atoms with Gasteiger partial charge in [0.1, 0.15) is 0 Å². The SMILES string of the molecule is O=C(CCc1ccccc1Cl)N1CCCO1. The zero-order valence-electron chi connectivity index (χ0n) is 8.99. The second-order valence-corrected chi connectivity index (χ2v) is 4.18. The fourth-order valence-corrected chi connectivity index (χ4v) is 1.94. The van der Waals surface area contributed by atoms with Crippen molar-refractivity contribution in [3.05, 3.63) is 34.9 Å². The number of amides is 1. The third kappa shape index (κ3) is 2.74. The van der Waals surface area contributed by atoms with E-state index in [1.165, 1.54) is 5.06 Å². The maximum absolute atomic E-state index is 11.7. The molecule has 1 aliphatic rings. The molecular weight excluding hydrogens is 226 g/mol. The Kier molecular flexibility index (Phi) is 3.80. The van der Waals surface area contributed by atoms with Crippen molar-refractivity contribution in [2.45, 2.75) is 19.3 Å². The van der Waals surface area contributed by atoms with Gasteiger partial charge in [0.15, 0.2) is 0 Å². The molecule has 0 aliphatic carbocycles. The number of rotatable bonds is 3. The first-order valence-electron chi connectivity index (χ1n) is 5.44. The first-order chi connectivity index (χ1) is 7.77. The molecule has 1 fully saturated rings. The second kappa shape index (κ2) is 5.32. The maximum Gasteiger partial charge on any atom is 0.246 e. The molecule has 0 bridgehead atoms. The summed E-state index contributed by atoms with van der Waals surface area (Å²) in [6, 6.07) is 7.60. The largest absolute Gasteiger partial charge is 0.273 e. The van der Waals surface area contributed by atoms with Gasteiger partial charge in [-0.1, -0.05) is 29.8 Å². The average molecular weight is 240 g/mol. The van der Waals surface area contributed by atoms with Crippen LogP contribution in [0.5, 0.6) is 0 Å². The highest BCUT2D eigenvalue weighted by Crippen LogP contribution is 2.17. The van der Waals surface area contributed by atoms with Gasteiger partial charge in [0.05, 0.1) is 13.2 Å². The lowest BCUT2D eigenvalue weighted by Crippen LogP contribution is -2.26. The van der Waals surface area contributed by atoms with Crippen LogP contribution < -0.4 is 0 Å². The van der Waals surface area contributed by atoms with Crippen LogP contribution in [0.15, 0.2) is 24.3 Å². The molecule has 0 saturated carbocycles. The summed E-state index contributed by atoms with van der Waals surface area (Å²) in [5, 5.41) is 2.18. The van der Waals surface area contributed by atoms with E-state index < -0.39 is 0 Å². The predicted octanol–water partition coefficient (Wildman–Crippen LogP) is 2.44. The topological polar surface area (TPSA) is 29.5 Å². The molecule has 0 spiro atoms. The summed E-state index contributed by atoms with van der Waals surface area (Å²) >= 11 is 6.01. The molecule has 0 radical (unpaired) electrons. The fraction of sp³-hybridized carbons (Fsp3) is 0.417. The Morgan fingerprint density at radius 3 is 2.94 bits per heavy atom. The number of hydroxylamine groups is 2. The standard InChI is InChI=1S/C12H14ClNO2/c13-11-5-2-1-4-10(11)6-7-12(15)14-8-3-9-16-14/h1-2,4-5H,3,6-9H2. The van der Waals surface area contributed by atoms with E-state index in [9.17, 15) is 4.79 Å². The summed E-state index contributed by atoms with van der Waals surface area (Å²) in [4.78, 5) is 16.9. The number of hydrogen-bond donors (Lipinski definition) is 0. The van der Waals surface area contributed by atoms with Gasteiger partial charge < -0.3 is 0 Å². The van der Waals surface area contributed by atoms with Crippen molar-refractivity contribution in [2.24, 2.45) is 0 Å². The number of carbonyl (C=O) groups excluding carboxylic acids is 1. The van der Waals surface area contributed by atoms with Crippen molar-refractivity contribution in [1.29, 1.82) is 0 Å². The van der Waals surface area contributed by atoms with Crippen LogP contribution in [0, 0.1) is 0 Å². The minimum atomic E-state index is 0.0393. The molecule has 0 N–H and O–H groups in total. The summed E-state index contributed by atoms with van der Waals surface area (Å²) in [6.45, 7) is 1.36. The third-order valence-electron chi connectivity index (χ3n) is 2.60. The minimum Gasteiger partial charge on any atom is -0.273 e. The van der Waals surface area contributed by atoms with Gasteiger partial charge in [-0.2, -0.15) is 0 Å². The molecule has 0 aromatic heterocycles. The Hall–Kier alpha value is -1.06. The maximum atomic E-state index is 11.7. The fourth-order valence-electron chi connectivity index (χ4n) is 1.71. The van der Waals surface area contributed by atoms with Crippen LogP contribution in [0.3, 0.4) is 0 Å². The Labute approximate surface area is 99.9 Å². The van der Waals surface area contributed by atoms with E-state index in [2.05, 4.69) is 0 Å².